The molecule has 0 fully saturated rings. The lowest BCUT2D eigenvalue weighted by Crippen LogP contribution is -2.34. The molecule has 1 amide bonds. The molecule has 0 saturated heterocycles. The van der Waals surface area contributed by atoms with Crippen molar-refractivity contribution in [3.05, 3.63) is 35.6 Å². The summed E-state index contributed by atoms with van der Waals surface area (Å²) in [6.45, 7) is 5.56. The molecule has 0 aliphatic rings. The lowest BCUT2D eigenvalue weighted by molar-refractivity contribution is 0.0897. The number of fused-ring (bicyclic) bond motifs is 1. The Hall–Kier alpha value is -1.81. The highest BCUT2D eigenvalue weighted by Crippen LogP contribution is 2.20. The van der Waals surface area contributed by atoms with Crippen molar-refractivity contribution in [1.82, 2.24) is 5.32 Å². The van der Waals surface area contributed by atoms with E-state index >= 15 is 0 Å². The zero-order valence-corrected chi connectivity index (χ0v) is 11.4. The van der Waals surface area contributed by atoms with Gasteiger partial charge in [0.25, 0.3) is 5.91 Å². The number of amides is 1. The summed E-state index contributed by atoms with van der Waals surface area (Å²) in [5, 5.41) is 13.0. The van der Waals surface area contributed by atoms with Crippen molar-refractivity contribution >= 4 is 16.9 Å². The van der Waals surface area contributed by atoms with E-state index in [0.717, 1.165) is 10.9 Å². The van der Waals surface area contributed by atoms with Crippen molar-refractivity contribution in [3.8, 4) is 0 Å². The van der Waals surface area contributed by atoms with Gasteiger partial charge in [-0.2, -0.15) is 0 Å². The number of aliphatic hydroxyl groups is 1. The van der Waals surface area contributed by atoms with E-state index in [4.69, 9.17) is 4.42 Å². The summed E-state index contributed by atoms with van der Waals surface area (Å²) < 4.78 is 5.52. The van der Waals surface area contributed by atoms with E-state index < -0.39 is 6.10 Å². The van der Waals surface area contributed by atoms with Gasteiger partial charge in [0.1, 0.15) is 5.58 Å². The van der Waals surface area contributed by atoms with Crippen LogP contribution < -0.4 is 5.32 Å². The normalized spacial score (nSPS) is 14.3. The Morgan fingerprint density at radius 2 is 2.11 bits per heavy atom. The van der Waals surface area contributed by atoms with Gasteiger partial charge in [0.05, 0.1) is 6.10 Å². The Morgan fingerprint density at radius 1 is 1.37 bits per heavy atom. The molecule has 2 aromatic rings. The summed E-state index contributed by atoms with van der Waals surface area (Å²) in [5.74, 6) is 0.0556. The van der Waals surface area contributed by atoms with Crippen molar-refractivity contribution in [2.45, 2.75) is 39.3 Å². The largest absolute Gasteiger partial charge is 0.451 e. The van der Waals surface area contributed by atoms with Crippen LogP contribution in [-0.4, -0.2) is 23.2 Å². The number of carbonyl (C=O) groups is 1. The fourth-order valence-corrected chi connectivity index (χ4v) is 2.14. The fraction of sp³-hybridized carbons (Fsp3) is 0.400. The Bertz CT molecular complexity index is 586. The molecule has 1 aromatic carbocycles. The predicted molar refractivity (Wildman–Crippen MR) is 74.2 cm³/mol. The van der Waals surface area contributed by atoms with Crippen LogP contribution in [0.25, 0.3) is 11.0 Å². The predicted octanol–water partition coefficient (Wildman–Crippen LogP) is 2.63. The molecule has 2 atom stereocenters. The topological polar surface area (TPSA) is 62.5 Å². The maximum Gasteiger partial charge on any atom is 0.287 e. The quantitative estimate of drug-likeness (QED) is 0.889. The molecule has 0 aliphatic heterocycles. The molecule has 102 valence electrons. The van der Waals surface area contributed by atoms with Crippen LogP contribution in [0, 0.1) is 6.92 Å². The van der Waals surface area contributed by atoms with E-state index in [9.17, 15) is 9.90 Å². The number of aliphatic hydroxyl groups excluding tert-OH is 1. The van der Waals surface area contributed by atoms with Crippen molar-refractivity contribution in [1.29, 1.82) is 0 Å². The van der Waals surface area contributed by atoms with Crippen LogP contribution in [0.2, 0.25) is 0 Å². The minimum absolute atomic E-state index is 0.0950. The van der Waals surface area contributed by atoms with Crippen LogP contribution in [-0.2, 0) is 0 Å². The lowest BCUT2D eigenvalue weighted by atomic mass is 10.1. The molecule has 1 aromatic heterocycles. The maximum absolute atomic E-state index is 12.0. The van der Waals surface area contributed by atoms with Crippen molar-refractivity contribution in [2.24, 2.45) is 0 Å². The molecule has 1 heterocycles. The summed E-state index contributed by atoms with van der Waals surface area (Å²) in [5.41, 5.74) is 1.83. The Balaban J connectivity index is 2.13. The molecule has 4 nitrogen and oxygen atoms in total. The third-order valence-corrected chi connectivity index (χ3v) is 2.97. The summed E-state index contributed by atoms with van der Waals surface area (Å²) in [6.07, 6.45) is 0.0825. The van der Waals surface area contributed by atoms with Gasteiger partial charge < -0.3 is 14.8 Å². The molecule has 4 heteroatoms. The Kier molecular flexibility index (Phi) is 3.90. The van der Waals surface area contributed by atoms with Gasteiger partial charge in [-0.15, -0.1) is 0 Å². The lowest BCUT2D eigenvalue weighted by Gasteiger charge is -2.14. The van der Waals surface area contributed by atoms with E-state index in [1.807, 2.05) is 32.0 Å². The van der Waals surface area contributed by atoms with Crippen LogP contribution in [0.4, 0.5) is 0 Å². The van der Waals surface area contributed by atoms with Crippen LogP contribution in [0.1, 0.15) is 36.4 Å². The molecule has 0 radical (unpaired) electrons. The molecule has 0 aliphatic carbocycles. The van der Waals surface area contributed by atoms with Crippen LogP contribution >= 0.6 is 0 Å². The van der Waals surface area contributed by atoms with Gasteiger partial charge in [0.15, 0.2) is 5.76 Å². The third kappa shape index (κ3) is 3.35. The Morgan fingerprint density at radius 3 is 2.79 bits per heavy atom. The first-order valence-corrected chi connectivity index (χ1v) is 6.45. The molecule has 2 N–H and O–H groups in total. The van der Waals surface area contributed by atoms with Gasteiger partial charge in [0.2, 0.25) is 0 Å². The van der Waals surface area contributed by atoms with E-state index in [1.54, 1.807) is 13.0 Å². The fourth-order valence-electron chi connectivity index (χ4n) is 2.14. The number of hydrogen-bond acceptors (Lipinski definition) is 3. The first-order chi connectivity index (χ1) is 8.95. The highest BCUT2D eigenvalue weighted by molar-refractivity contribution is 5.96. The second-order valence-electron chi connectivity index (χ2n) is 5.11. The minimum atomic E-state index is -0.436. The number of benzene rings is 1. The number of rotatable bonds is 4. The van der Waals surface area contributed by atoms with Crippen molar-refractivity contribution in [2.75, 3.05) is 0 Å². The number of hydrogen-bond donors (Lipinski definition) is 2. The highest BCUT2D eigenvalue weighted by atomic mass is 16.3. The van der Waals surface area contributed by atoms with Crippen LogP contribution in [0.3, 0.4) is 0 Å². The monoisotopic (exact) mass is 261 g/mol. The summed E-state index contributed by atoms with van der Waals surface area (Å²) >= 11 is 0. The molecular weight excluding hydrogens is 242 g/mol. The number of nitrogens with one attached hydrogen (secondary N) is 1. The van der Waals surface area contributed by atoms with Gasteiger partial charge in [-0.25, -0.2) is 0 Å². The van der Waals surface area contributed by atoms with Crippen LogP contribution in [0.15, 0.2) is 28.7 Å². The molecule has 0 bridgehead atoms. The molecule has 2 unspecified atom stereocenters. The zero-order chi connectivity index (χ0) is 14.0. The standard InChI is InChI=1S/C15H19NO3/c1-9-4-5-13-12(6-9)8-14(19-13)15(18)16-10(2)7-11(3)17/h4-6,8,10-11,17H,7H2,1-3H3,(H,16,18). The first kappa shape index (κ1) is 13.6. The molecule has 2 rings (SSSR count). The Labute approximate surface area is 112 Å². The zero-order valence-electron chi connectivity index (χ0n) is 11.4. The van der Waals surface area contributed by atoms with Gasteiger partial charge in [0, 0.05) is 11.4 Å². The van der Waals surface area contributed by atoms with E-state index in [-0.39, 0.29) is 11.9 Å². The van der Waals surface area contributed by atoms with E-state index in [0.29, 0.717) is 17.8 Å². The van der Waals surface area contributed by atoms with Crippen LogP contribution in [0.5, 0.6) is 0 Å². The maximum atomic E-state index is 12.0. The molecule has 19 heavy (non-hydrogen) atoms. The number of furan rings is 1. The van der Waals surface area contributed by atoms with Crippen molar-refractivity contribution in [3.63, 3.8) is 0 Å². The third-order valence-electron chi connectivity index (χ3n) is 2.97. The number of carbonyl (C=O) groups excluding carboxylic acids is 1. The van der Waals surface area contributed by atoms with Crippen molar-refractivity contribution < 1.29 is 14.3 Å². The molecule has 0 saturated carbocycles. The summed E-state index contributed by atoms with van der Waals surface area (Å²) in [7, 11) is 0. The second kappa shape index (κ2) is 5.45. The smallest absolute Gasteiger partial charge is 0.287 e. The minimum Gasteiger partial charge on any atom is -0.451 e. The van der Waals surface area contributed by atoms with Gasteiger partial charge in [-0.05, 0) is 45.4 Å². The SMILES string of the molecule is Cc1ccc2oc(C(=O)NC(C)CC(C)O)cc2c1. The number of aryl methyl sites for hydroxylation is 1. The van der Waals surface area contributed by atoms with Gasteiger partial charge in [-0.3, -0.25) is 4.79 Å². The summed E-state index contributed by atoms with van der Waals surface area (Å²) in [6, 6.07) is 7.44. The first-order valence-electron chi connectivity index (χ1n) is 6.45. The molecule has 0 spiro atoms. The van der Waals surface area contributed by atoms with Gasteiger partial charge >= 0.3 is 0 Å². The average molecular weight is 261 g/mol. The van der Waals surface area contributed by atoms with E-state index in [2.05, 4.69) is 5.32 Å². The highest BCUT2D eigenvalue weighted by Gasteiger charge is 2.15. The summed E-state index contributed by atoms with van der Waals surface area (Å²) in [4.78, 5) is 12.0. The molecular formula is C15H19NO3. The van der Waals surface area contributed by atoms with E-state index in [1.165, 1.54) is 0 Å². The van der Waals surface area contributed by atoms with Gasteiger partial charge in [-0.1, -0.05) is 11.6 Å². The second-order valence-corrected chi connectivity index (χ2v) is 5.11. The average Bonchev–Trinajstić information content (AvgIpc) is 2.70.